The maximum Gasteiger partial charge on any atom is 0.335 e. The number of carbonyl (C=O) groups is 2. The molecule has 0 saturated carbocycles. The molecular weight excluding hydrogens is 440 g/mol. The van der Waals surface area contributed by atoms with Crippen molar-refractivity contribution >= 4 is 34.0 Å². The molecule has 0 aliphatic carbocycles. The van der Waals surface area contributed by atoms with Gasteiger partial charge < -0.3 is 29.7 Å². The zero-order valence-electron chi connectivity index (χ0n) is 18.0. The highest BCUT2D eigenvalue weighted by Crippen LogP contribution is 2.40. The van der Waals surface area contributed by atoms with Gasteiger partial charge in [0.25, 0.3) is 0 Å². The molecule has 0 unspecified atom stereocenters. The van der Waals surface area contributed by atoms with Crippen LogP contribution < -0.4 is 9.47 Å². The Labute approximate surface area is 191 Å². The highest BCUT2D eigenvalue weighted by atomic mass is 16.5. The van der Waals surface area contributed by atoms with E-state index in [-0.39, 0.29) is 11.1 Å². The first-order chi connectivity index (χ1) is 16.4. The van der Waals surface area contributed by atoms with Gasteiger partial charge in [0.1, 0.15) is 23.1 Å². The summed E-state index contributed by atoms with van der Waals surface area (Å²) in [6, 6.07) is 12.8. The minimum absolute atomic E-state index is 0.151. The fourth-order valence-electron chi connectivity index (χ4n) is 3.81. The van der Waals surface area contributed by atoms with Crippen LogP contribution in [0.25, 0.3) is 44.8 Å². The number of hydrogen-bond donors (Lipinski definition) is 4. The summed E-state index contributed by atoms with van der Waals surface area (Å²) in [6.07, 6.45) is 0. The Morgan fingerprint density at radius 1 is 0.706 bits per heavy atom. The molecule has 0 aliphatic heterocycles. The minimum atomic E-state index is -1.03. The standard InChI is InChI=1S/C24H18N4O6/c1-33-19-9-14(22-26-16-6-4-12(24(31)32)8-18(16)28-22)20(34-2)10-13(19)21-25-15-5-3-11(23(29)30)7-17(15)27-21/h3-10H,1-2H3,(H,25,27)(H,26,28)(H,29,30)(H,31,32). The molecule has 34 heavy (non-hydrogen) atoms. The van der Waals surface area contributed by atoms with Crippen molar-refractivity contribution in [1.82, 2.24) is 19.9 Å². The van der Waals surface area contributed by atoms with E-state index < -0.39 is 11.9 Å². The number of aromatic nitrogens is 4. The van der Waals surface area contributed by atoms with Crippen molar-refractivity contribution in [2.24, 2.45) is 0 Å². The lowest BCUT2D eigenvalue weighted by molar-refractivity contribution is 0.0686. The van der Waals surface area contributed by atoms with Crippen LogP contribution in [0.5, 0.6) is 11.5 Å². The lowest BCUT2D eigenvalue weighted by Crippen LogP contribution is -1.96. The van der Waals surface area contributed by atoms with E-state index in [9.17, 15) is 19.8 Å². The number of benzene rings is 3. The smallest absolute Gasteiger partial charge is 0.335 e. The van der Waals surface area contributed by atoms with Crippen molar-refractivity contribution in [3.8, 4) is 34.3 Å². The number of hydrogen-bond acceptors (Lipinski definition) is 6. The number of aromatic carboxylic acids is 2. The van der Waals surface area contributed by atoms with Crippen LogP contribution in [0.1, 0.15) is 20.7 Å². The molecule has 170 valence electrons. The van der Waals surface area contributed by atoms with Crippen LogP contribution in [-0.4, -0.2) is 56.3 Å². The van der Waals surface area contributed by atoms with E-state index in [2.05, 4.69) is 19.9 Å². The first-order valence-electron chi connectivity index (χ1n) is 10.1. The molecule has 0 radical (unpaired) electrons. The molecule has 10 nitrogen and oxygen atoms in total. The predicted octanol–water partition coefficient (Wildman–Crippen LogP) is 4.19. The third-order valence-corrected chi connectivity index (χ3v) is 5.49. The molecule has 2 aromatic heterocycles. The monoisotopic (exact) mass is 458 g/mol. The van der Waals surface area contributed by atoms with Crippen LogP contribution >= 0.6 is 0 Å². The molecule has 0 aliphatic rings. The summed E-state index contributed by atoms with van der Waals surface area (Å²) in [6.45, 7) is 0. The summed E-state index contributed by atoms with van der Waals surface area (Å²) in [5, 5.41) is 18.5. The maximum atomic E-state index is 11.3. The van der Waals surface area contributed by atoms with Gasteiger partial charge in [-0.3, -0.25) is 0 Å². The Balaban J connectivity index is 1.63. The topological polar surface area (TPSA) is 150 Å². The van der Waals surface area contributed by atoms with Crippen LogP contribution in [0.4, 0.5) is 0 Å². The van der Waals surface area contributed by atoms with Crippen molar-refractivity contribution in [2.75, 3.05) is 14.2 Å². The fraction of sp³-hybridized carbons (Fsp3) is 0.0833. The number of methoxy groups -OCH3 is 2. The molecule has 0 fully saturated rings. The summed E-state index contributed by atoms with van der Waals surface area (Å²) in [5.41, 5.74) is 3.89. The Kier molecular flexibility index (Phi) is 4.90. The second-order valence-corrected chi connectivity index (χ2v) is 7.50. The van der Waals surface area contributed by atoms with Gasteiger partial charge in [-0.25, -0.2) is 19.6 Å². The SMILES string of the molecule is COc1cc(-c2nc3ccc(C(=O)O)cc3[nH]2)c(OC)cc1-c1nc2ccc(C(=O)O)cc2[nH]1. The molecule has 0 spiro atoms. The van der Waals surface area contributed by atoms with E-state index in [0.29, 0.717) is 56.3 Å². The van der Waals surface area contributed by atoms with Gasteiger partial charge in [0.2, 0.25) is 0 Å². The molecule has 0 amide bonds. The van der Waals surface area contributed by atoms with E-state index in [1.807, 2.05) is 0 Å². The van der Waals surface area contributed by atoms with Crippen molar-refractivity contribution in [1.29, 1.82) is 0 Å². The van der Waals surface area contributed by atoms with Gasteiger partial charge in [-0.15, -0.1) is 0 Å². The van der Waals surface area contributed by atoms with Crippen LogP contribution in [0, 0.1) is 0 Å². The number of ether oxygens (including phenoxy) is 2. The summed E-state index contributed by atoms with van der Waals surface area (Å²) in [5.74, 6) is -0.115. The quantitative estimate of drug-likeness (QED) is 0.296. The average molecular weight is 458 g/mol. The molecule has 3 aromatic carbocycles. The minimum Gasteiger partial charge on any atom is -0.496 e. The summed E-state index contributed by atoms with van der Waals surface area (Å²) in [4.78, 5) is 38.0. The van der Waals surface area contributed by atoms with Gasteiger partial charge in [-0.05, 0) is 48.5 Å². The first-order valence-corrected chi connectivity index (χ1v) is 10.1. The molecule has 10 heteroatoms. The highest BCUT2D eigenvalue weighted by molar-refractivity contribution is 5.94. The number of H-pyrrole nitrogens is 2. The Hall–Kier alpha value is -4.86. The molecule has 0 bridgehead atoms. The van der Waals surface area contributed by atoms with Crippen molar-refractivity contribution in [3.63, 3.8) is 0 Å². The van der Waals surface area contributed by atoms with Gasteiger partial charge in [-0.1, -0.05) is 0 Å². The highest BCUT2D eigenvalue weighted by Gasteiger charge is 2.19. The number of nitrogens with zero attached hydrogens (tertiary/aromatic N) is 2. The number of rotatable bonds is 6. The van der Waals surface area contributed by atoms with Crippen molar-refractivity contribution in [2.45, 2.75) is 0 Å². The van der Waals surface area contributed by atoms with E-state index in [1.165, 1.54) is 38.5 Å². The third-order valence-electron chi connectivity index (χ3n) is 5.49. The second kappa shape index (κ2) is 7.93. The van der Waals surface area contributed by atoms with Crippen molar-refractivity contribution < 1.29 is 29.3 Å². The fourth-order valence-corrected chi connectivity index (χ4v) is 3.81. The van der Waals surface area contributed by atoms with Crippen LogP contribution in [0.2, 0.25) is 0 Å². The summed E-state index contributed by atoms with van der Waals surface area (Å²) < 4.78 is 11.2. The largest absolute Gasteiger partial charge is 0.496 e. The van der Waals surface area contributed by atoms with Crippen LogP contribution in [0.3, 0.4) is 0 Å². The lowest BCUT2D eigenvalue weighted by Gasteiger charge is -2.12. The zero-order valence-corrected chi connectivity index (χ0v) is 18.0. The Morgan fingerprint density at radius 2 is 1.12 bits per heavy atom. The average Bonchev–Trinajstić information content (AvgIpc) is 3.45. The molecule has 0 atom stereocenters. The maximum absolute atomic E-state index is 11.3. The van der Waals surface area contributed by atoms with Gasteiger partial charge in [0.15, 0.2) is 0 Å². The Bertz CT molecular complexity index is 1480. The van der Waals surface area contributed by atoms with Crippen LogP contribution in [0.15, 0.2) is 48.5 Å². The van der Waals surface area contributed by atoms with E-state index in [1.54, 1.807) is 24.3 Å². The van der Waals surface area contributed by atoms with Gasteiger partial charge >= 0.3 is 11.9 Å². The van der Waals surface area contributed by atoms with Gasteiger partial charge in [0.05, 0.1) is 58.5 Å². The number of aromatic amines is 2. The third kappa shape index (κ3) is 3.47. The number of imidazole rings is 2. The zero-order chi connectivity index (χ0) is 24.0. The Morgan fingerprint density at radius 3 is 1.47 bits per heavy atom. The molecule has 4 N–H and O–H groups in total. The molecule has 2 heterocycles. The summed E-state index contributed by atoms with van der Waals surface area (Å²) in [7, 11) is 3.05. The second-order valence-electron chi connectivity index (χ2n) is 7.50. The summed E-state index contributed by atoms with van der Waals surface area (Å²) >= 11 is 0. The predicted molar refractivity (Wildman–Crippen MR) is 124 cm³/mol. The van der Waals surface area contributed by atoms with E-state index in [4.69, 9.17) is 9.47 Å². The molecule has 5 rings (SSSR count). The number of fused-ring (bicyclic) bond motifs is 2. The van der Waals surface area contributed by atoms with Gasteiger partial charge in [-0.2, -0.15) is 0 Å². The molecular formula is C24H18N4O6. The number of carboxylic acids is 2. The number of carboxylic acid groups (broad SMARTS) is 2. The van der Waals surface area contributed by atoms with Crippen molar-refractivity contribution in [3.05, 3.63) is 59.7 Å². The molecule has 0 saturated heterocycles. The number of nitrogens with one attached hydrogen (secondary N) is 2. The van der Waals surface area contributed by atoms with E-state index in [0.717, 1.165) is 0 Å². The lowest BCUT2D eigenvalue weighted by atomic mass is 10.1. The van der Waals surface area contributed by atoms with Gasteiger partial charge in [0, 0.05) is 0 Å². The normalized spacial score (nSPS) is 11.1. The van der Waals surface area contributed by atoms with Crippen LogP contribution in [-0.2, 0) is 0 Å². The first kappa shape index (κ1) is 21.0. The molecule has 5 aromatic rings. The van der Waals surface area contributed by atoms with E-state index >= 15 is 0 Å².